The summed E-state index contributed by atoms with van der Waals surface area (Å²) in [6.07, 6.45) is 0.760. The zero-order chi connectivity index (χ0) is 20.9. The van der Waals surface area contributed by atoms with Gasteiger partial charge in [0.1, 0.15) is 0 Å². The summed E-state index contributed by atoms with van der Waals surface area (Å²) >= 11 is 1.40. The Kier molecular flexibility index (Phi) is 6.92. The van der Waals surface area contributed by atoms with Gasteiger partial charge in [0.2, 0.25) is 0 Å². The average molecular weight is 575 g/mol. The molecular formula is C24H23F3IrN. The minimum Gasteiger partial charge on any atom is -0.265 e. The molecule has 0 saturated carbocycles. The zero-order valence-corrected chi connectivity index (χ0v) is 18.5. The molecule has 5 heteroatoms. The topological polar surface area (TPSA) is 12.9 Å². The van der Waals surface area contributed by atoms with Gasteiger partial charge in [0, 0.05) is 12.4 Å². The number of rotatable bonds is 4. The Labute approximate surface area is 180 Å². The van der Waals surface area contributed by atoms with Gasteiger partial charge in [0.25, 0.3) is 0 Å². The quantitative estimate of drug-likeness (QED) is 0.318. The molecule has 0 aliphatic heterocycles. The van der Waals surface area contributed by atoms with Crippen LogP contribution in [-0.4, -0.2) is 11.2 Å². The first-order chi connectivity index (χ1) is 13.9. The zero-order valence-electron chi connectivity index (χ0n) is 16.1. The van der Waals surface area contributed by atoms with E-state index in [2.05, 4.69) is 4.98 Å². The van der Waals surface area contributed by atoms with Crippen LogP contribution in [0.5, 0.6) is 0 Å². The number of halogens is 3. The van der Waals surface area contributed by atoms with E-state index in [9.17, 15) is 13.2 Å². The van der Waals surface area contributed by atoms with Crippen molar-refractivity contribution in [3.05, 3.63) is 90.3 Å². The summed E-state index contributed by atoms with van der Waals surface area (Å²) in [5.41, 5.74) is 3.51. The summed E-state index contributed by atoms with van der Waals surface area (Å²) in [5, 5.41) is 0. The Morgan fingerprint density at radius 3 is 1.72 bits per heavy atom. The molecule has 29 heavy (non-hydrogen) atoms. The monoisotopic (exact) mass is 575 g/mol. The average Bonchev–Trinajstić information content (AvgIpc) is 3.08. The predicted molar refractivity (Wildman–Crippen MR) is 106 cm³/mol. The first kappa shape index (κ1) is 21.7. The molecule has 1 aliphatic carbocycles. The summed E-state index contributed by atoms with van der Waals surface area (Å²) in [6, 6.07) is 20.8. The standard InChI is InChI=1S/C19H18F3.C5H5N.Ir/c1-2-3-12-17(19(20,21)22)18-15-10-6-4-8-13(15)14-9-5-7-11-16(14)18;1-2-4-6-5-3-1;/h4-11,18H,2-3,12H2,1H3;1-5H;. The summed E-state index contributed by atoms with van der Waals surface area (Å²) in [6.45, 7) is 1.94. The van der Waals surface area contributed by atoms with Crippen molar-refractivity contribution in [2.24, 2.45) is 0 Å². The van der Waals surface area contributed by atoms with Crippen LogP contribution in [-0.2, 0) is 18.9 Å². The van der Waals surface area contributed by atoms with Gasteiger partial charge in [-0.1, -0.05) is 6.07 Å². The predicted octanol–water partition coefficient (Wildman–Crippen LogP) is 7.34. The van der Waals surface area contributed by atoms with Gasteiger partial charge in [-0.25, -0.2) is 0 Å². The first-order valence-corrected chi connectivity index (χ1v) is 10.9. The van der Waals surface area contributed by atoms with Crippen LogP contribution < -0.4 is 0 Å². The second-order valence-corrected chi connectivity index (χ2v) is 9.19. The molecule has 0 saturated heterocycles. The smallest absolute Gasteiger partial charge is 0.0267 e. The second kappa shape index (κ2) is 9.23. The SMILES string of the molecule is CCCC[C]([Ir])(C1c2ccccc2-c2ccccc21)C(F)(F)F.c1ccncc1. The molecule has 0 amide bonds. The van der Waals surface area contributed by atoms with Crippen LogP contribution >= 0.6 is 0 Å². The number of unbranched alkanes of at least 4 members (excludes halogenated alkanes) is 1. The first-order valence-electron chi connectivity index (χ1n) is 9.66. The number of fused-ring (bicyclic) bond motifs is 3. The van der Waals surface area contributed by atoms with Crippen LogP contribution in [0.1, 0.15) is 43.2 Å². The maximum atomic E-state index is 14.1. The van der Waals surface area contributed by atoms with Crippen LogP contribution in [0.2, 0.25) is 3.93 Å². The van der Waals surface area contributed by atoms with E-state index < -0.39 is 16.0 Å². The number of pyridine rings is 1. The van der Waals surface area contributed by atoms with Crippen molar-refractivity contribution in [3.8, 4) is 11.1 Å². The molecular weight excluding hydrogens is 551 g/mol. The number of alkyl halides is 3. The van der Waals surface area contributed by atoms with Crippen LogP contribution in [0.3, 0.4) is 0 Å². The van der Waals surface area contributed by atoms with Gasteiger partial charge in [-0.05, 0) is 12.1 Å². The molecule has 0 fully saturated rings. The third kappa shape index (κ3) is 4.46. The Balaban J connectivity index is 0.000000343. The fourth-order valence-corrected chi connectivity index (χ4v) is 4.99. The molecule has 1 aliphatic rings. The number of aromatic nitrogens is 1. The molecule has 0 spiro atoms. The molecule has 1 heterocycles. The number of hydrogen-bond donors (Lipinski definition) is 0. The van der Waals surface area contributed by atoms with Crippen LogP contribution in [0.25, 0.3) is 11.1 Å². The molecule has 0 N–H and O–H groups in total. The van der Waals surface area contributed by atoms with Gasteiger partial charge in [0.15, 0.2) is 0 Å². The molecule has 3 aromatic rings. The molecule has 1 aromatic heterocycles. The minimum atomic E-state index is -4.24. The summed E-state index contributed by atoms with van der Waals surface area (Å²) in [4.78, 5) is 3.78. The largest absolute Gasteiger partial charge is 0.265 e. The molecule has 0 bridgehead atoms. The van der Waals surface area contributed by atoms with E-state index in [1.54, 1.807) is 12.4 Å². The number of nitrogens with zero attached hydrogens (tertiary/aromatic N) is 1. The fourth-order valence-electron chi connectivity index (χ4n) is 3.82. The van der Waals surface area contributed by atoms with E-state index >= 15 is 0 Å². The van der Waals surface area contributed by atoms with Crippen molar-refractivity contribution >= 4 is 0 Å². The van der Waals surface area contributed by atoms with Gasteiger partial charge < -0.3 is 0 Å². The number of benzene rings is 2. The number of hydrogen-bond acceptors (Lipinski definition) is 1. The van der Waals surface area contributed by atoms with Crippen LogP contribution in [0.15, 0.2) is 79.1 Å². The minimum absolute atomic E-state index is 0.153. The van der Waals surface area contributed by atoms with Gasteiger partial charge >= 0.3 is 145 Å². The second-order valence-electron chi connectivity index (χ2n) is 7.06. The summed E-state index contributed by atoms with van der Waals surface area (Å²) < 4.78 is 40.5. The summed E-state index contributed by atoms with van der Waals surface area (Å²) in [5.74, 6) is -0.624. The Morgan fingerprint density at radius 1 is 0.828 bits per heavy atom. The summed E-state index contributed by atoms with van der Waals surface area (Å²) in [7, 11) is 0. The van der Waals surface area contributed by atoms with E-state index in [1.165, 1.54) is 18.9 Å². The van der Waals surface area contributed by atoms with Gasteiger partial charge in [-0.2, -0.15) is 0 Å². The van der Waals surface area contributed by atoms with Gasteiger partial charge in [0.05, 0.1) is 0 Å². The molecule has 1 unspecified atom stereocenters. The van der Waals surface area contributed by atoms with Crippen LogP contribution in [0, 0.1) is 0 Å². The maximum absolute atomic E-state index is 14.1. The van der Waals surface area contributed by atoms with E-state index in [0.717, 1.165) is 28.7 Å². The van der Waals surface area contributed by atoms with Crippen molar-refractivity contribution < 1.29 is 32.1 Å². The molecule has 1 nitrogen and oxygen atoms in total. The van der Waals surface area contributed by atoms with Gasteiger partial charge in [-0.3, -0.25) is 4.98 Å². The van der Waals surface area contributed by atoms with Crippen molar-refractivity contribution in [1.82, 2.24) is 4.98 Å². The molecule has 2 aromatic carbocycles. The normalized spacial score (nSPS) is 15.0. The van der Waals surface area contributed by atoms with E-state index in [-0.39, 0.29) is 6.42 Å². The van der Waals surface area contributed by atoms with E-state index in [1.807, 2.05) is 73.7 Å². The van der Waals surface area contributed by atoms with E-state index in [4.69, 9.17) is 0 Å². The molecule has 0 radical (unpaired) electrons. The Bertz CT molecular complexity index is 854. The molecule has 4 rings (SSSR count). The Hall–Kier alpha value is -1.97. The van der Waals surface area contributed by atoms with Gasteiger partial charge in [-0.15, -0.1) is 0 Å². The third-order valence-electron chi connectivity index (χ3n) is 5.19. The fraction of sp³-hybridized carbons (Fsp3) is 0.292. The van der Waals surface area contributed by atoms with E-state index in [0.29, 0.717) is 6.42 Å². The maximum Gasteiger partial charge on any atom is 0.0267 e. The Morgan fingerprint density at radius 2 is 1.34 bits per heavy atom. The van der Waals surface area contributed by atoms with Crippen molar-refractivity contribution in [1.29, 1.82) is 0 Å². The van der Waals surface area contributed by atoms with Crippen molar-refractivity contribution in [3.63, 3.8) is 0 Å². The molecule has 1 atom stereocenters. The third-order valence-corrected chi connectivity index (χ3v) is 7.16. The van der Waals surface area contributed by atoms with Crippen molar-refractivity contribution in [2.75, 3.05) is 0 Å². The molecule has 154 valence electrons. The van der Waals surface area contributed by atoms with Crippen molar-refractivity contribution in [2.45, 2.75) is 42.2 Å². The van der Waals surface area contributed by atoms with Crippen LogP contribution in [0.4, 0.5) is 13.2 Å².